The van der Waals surface area contributed by atoms with Crippen LogP contribution in [0.5, 0.6) is 5.88 Å². The number of hydrogen-bond acceptors (Lipinski definition) is 7. The maximum Gasteiger partial charge on any atom is 0.262 e. The topological polar surface area (TPSA) is 96.7 Å². The van der Waals surface area contributed by atoms with Crippen molar-refractivity contribution in [2.24, 2.45) is 5.41 Å². The molecule has 0 bridgehead atoms. The highest BCUT2D eigenvalue weighted by atomic mass is 19.1. The summed E-state index contributed by atoms with van der Waals surface area (Å²) in [6.45, 7) is 7.77. The predicted molar refractivity (Wildman–Crippen MR) is 109 cm³/mol. The van der Waals surface area contributed by atoms with Crippen molar-refractivity contribution in [2.75, 3.05) is 43.0 Å². The summed E-state index contributed by atoms with van der Waals surface area (Å²) in [6, 6.07) is 1.24. The summed E-state index contributed by atoms with van der Waals surface area (Å²) >= 11 is 0. The molecule has 0 aliphatic carbocycles. The molecule has 5 rings (SSSR count). The summed E-state index contributed by atoms with van der Waals surface area (Å²) in [5.41, 5.74) is 1.73. The molecule has 0 atom stereocenters. The Morgan fingerprint density at radius 1 is 1.33 bits per heavy atom. The summed E-state index contributed by atoms with van der Waals surface area (Å²) in [4.78, 5) is 27.9. The molecule has 3 aromatic heterocycles. The summed E-state index contributed by atoms with van der Waals surface area (Å²) in [5, 5.41) is 5.99. The van der Waals surface area contributed by atoms with Gasteiger partial charge < -0.3 is 24.7 Å². The monoisotopic (exact) mass is 411 g/mol. The maximum atomic E-state index is 14.3. The van der Waals surface area contributed by atoms with E-state index >= 15 is 0 Å². The van der Waals surface area contributed by atoms with E-state index in [0.717, 1.165) is 26.2 Å². The molecule has 2 N–H and O–H groups in total. The number of fused-ring (bicyclic) bond motifs is 1. The van der Waals surface area contributed by atoms with Crippen molar-refractivity contribution in [3.05, 3.63) is 41.7 Å². The smallest absolute Gasteiger partial charge is 0.262 e. The second-order valence-corrected chi connectivity index (χ2v) is 7.93. The van der Waals surface area contributed by atoms with Crippen molar-refractivity contribution in [2.45, 2.75) is 13.8 Å². The fourth-order valence-electron chi connectivity index (χ4n) is 3.97. The summed E-state index contributed by atoms with van der Waals surface area (Å²) < 4.78 is 21.4. The van der Waals surface area contributed by atoms with Gasteiger partial charge in [-0.3, -0.25) is 4.79 Å². The number of nitrogens with one attached hydrogen (secondary N) is 2. The zero-order valence-corrected chi connectivity index (χ0v) is 16.8. The van der Waals surface area contributed by atoms with Crippen LogP contribution in [0.1, 0.15) is 23.0 Å². The average molecular weight is 411 g/mol. The standard InChI is InChI=1S/C20H22FN7O2/c1-3-30-18-14(5-23-19(26-18)28-10-20(11-28)8-22-9-20)17(29)25-13-4-15(21)16-24-12(2)6-27(16)7-13/h4-7,22H,3,8-11H2,1-2H3,(H,25,29). The molecule has 1 spiro atoms. The molecule has 3 aromatic rings. The van der Waals surface area contributed by atoms with E-state index in [1.165, 1.54) is 12.3 Å². The molecule has 0 aromatic carbocycles. The number of aryl methyl sites for hydroxylation is 1. The second-order valence-electron chi connectivity index (χ2n) is 7.93. The number of anilines is 2. The first-order valence-electron chi connectivity index (χ1n) is 9.88. The van der Waals surface area contributed by atoms with Gasteiger partial charge in [-0.25, -0.2) is 14.4 Å². The molecule has 2 aliphatic rings. The normalized spacial score (nSPS) is 17.0. The number of ether oxygens (including phenoxy) is 1. The zero-order chi connectivity index (χ0) is 20.9. The molecular formula is C20H22FN7O2. The fourth-order valence-corrected chi connectivity index (χ4v) is 3.97. The number of pyridine rings is 1. The lowest BCUT2D eigenvalue weighted by Gasteiger charge is -2.55. The minimum absolute atomic E-state index is 0.198. The Morgan fingerprint density at radius 2 is 2.13 bits per heavy atom. The van der Waals surface area contributed by atoms with E-state index in [4.69, 9.17) is 4.74 Å². The van der Waals surface area contributed by atoms with Gasteiger partial charge in [-0.05, 0) is 13.8 Å². The van der Waals surface area contributed by atoms with Gasteiger partial charge in [0.05, 0.1) is 18.0 Å². The van der Waals surface area contributed by atoms with Crippen molar-refractivity contribution in [3.8, 4) is 5.88 Å². The number of halogens is 1. The van der Waals surface area contributed by atoms with Gasteiger partial charge in [-0.1, -0.05) is 0 Å². The van der Waals surface area contributed by atoms with Gasteiger partial charge in [-0.2, -0.15) is 4.98 Å². The molecule has 0 unspecified atom stereocenters. The first-order valence-corrected chi connectivity index (χ1v) is 9.88. The van der Waals surface area contributed by atoms with E-state index in [0.29, 0.717) is 29.4 Å². The van der Waals surface area contributed by atoms with E-state index in [9.17, 15) is 9.18 Å². The Kier molecular flexibility index (Phi) is 4.31. The average Bonchev–Trinajstić information content (AvgIpc) is 3.00. The van der Waals surface area contributed by atoms with Gasteiger partial charge in [0, 0.05) is 56.3 Å². The number of imidazole rings is 1. The van der Waals surface area contributed by atoms with Crippen LogP contribution in [0, 0.1) is 18.2 Å². The number of carbonyl (C=O) groups excluding carboxylic acids is 1. The highest BCUT2D eigenvalue weighted by Gasteiger charge is 2.48. The van der Waals surface area contributed by atoms with E-state index in [1.807, 2.05) is 6.92 Å². The minimum atomic E-state index is -0.519. The number of nitrogens with zero attached hydrogens (tertiary/aromatic N) is 5. The van der Waals surface area contributed by atoms with Crippen LogP contribution < -0.4 is 20.3 Å². The van der Waals surface area contributed by atoms with Gasteiger partial charge in [-0.15, -0.1) is 0 Å². The fraction of sp³-hybridized carbons (Fsp3) is 0.400. The van der Waals surface area contributed by atoms with Crippen LogP contribution >= 0.6 is 0 Å². The molecule has 2 aliphatic heterocycles. The highest BCUT2D eigenvalue weighted by Crippen LogP contribution is 2.36. The Balaban J connectivity index is 1.38. The molecule has 0 radical (unpaired) electrons. The number of carbonyl (C=O) groups is 1. The third kappa shape index (κ3) is 3.13. The molecule has 30 heavy (non-hydrogen) atoms. The number of aromatic nitrogens is 4. The van der Waals surface area contributed by atoms with E-state index in [-0.39, 0.29) is 17.1 Å². The number of amides is 1. The number of rotatable bonds is 5. The van der Waals surface area contributed by atoms with E-state index in [2.05, 4.69) is 30.5 Å². The lowest BCUT2D eigenvalue weighted by molar-refractivity contribution is 0.102. The van der Waals surface area contributed by atoms with Crippen LogP contribution in [-0.4, -0.2) is 58.0 Å². The molecule has 2 fully saturated rings. The third-order valence-electron chi connectivity index (χ3n) is 5.49. The highest BCUT2D eigenvalue weighted by molar-refractivity contribution is 6.05. The van der Waals surface area contributed by atoms with Crippen LogP contribution in [0.15, 0.2) is 24.7 Å². The van der Waals surface area contributed by atoms with Crippen LogP contribution in [0.4, 0.5) is 16.0 Å². The molecule has 156 valence electrons. The minimum Gasteiger partial charge on any atom is -0.477 e. The van der Waals surface area contributed by atoms with Gasteiger partial charge in [0.2, 0.25) is 11.8 Å². The SMILES string of the molecule is CCOc1nc(N2CC3(CNC3)C2)ncc1C(=O)Nc1cc(F)c2nc(C)cn2c1. The Morgan fingerprint density at radius 3 is 2.83 bits per heavy atom. The lowest BCUT2D eigenvalue weighted by Crippen LogP contribution is -2.71. The van der Waals surface area contributed by atoms with Crippen molar-refractivity contribution >= 4 is 23.2 Å². The van der Waals surface area contributed by atoms with Crippen LogP contribution in [0.2, 0.25) is 0 Å². The van der Waals surface area contributed by atoms with E-state index in [1.54, 1.807) is 23.7 Å². The summed E-state index contributed by atoms with van der Waals surface area (Å²) in [7, 11) is 0. The molecule has 1 amide bonds. The Labute approximate surface area is 172 Å². The van der Waals surface area contributed by atoms with Crippen LogP contribution in [-0.2, 0) is 0 Å². The van der Waals surface area contributed by atoms with Crippen molar-refractivity contribution in [3.63, 3.8) is 0 Å². The predicted octanol–water partition coefficient (Wildman–Crippen LogP) is 1.63. The molecule has 9 nitrogen and oxygen atoms in total. The van der Waals surface area contributed by atoms with Crippen molar-refractivity contribution in [1.29, 1.82) is 0 Å². The lowest BCUT2D eigenvalue weighted by atomic mass is 9.75. The largest absolute Gasteiger partial charge is 0.477 e. The van der Waals surface area contributed by atoms with Gasteiger partial charge >= 0.3 is 0 Å². The van der Waals surface area contributed by atoms with Crippen LogP contribution in [0.25, 0.3) is 5.65 Å². The third-order valence-corrected chi connectivity index (χ3v) is 5.49. The molecule has 10 heteroatoms. The van der Waals surface area contributed by atoms with Crippen LogP contribution in [0.3, 0.4) is 0 Å². The Bertz CT molecular complexity index is 1130. The summed E-state index contributed by atoms with van der Waals surface area (Å²) in [5.74, 6) is -0.222. The number of hydrogen-bond donors (Lipinski definition) is 2. The van der Waals surface area contributed by atoms with Gasteiger partial charge in [0.25, 0.3) is 5.91 Å². The van der Waals surface area contributed by atoms with Crippen molar-refractivity contribution in [1.82, 2.24) is 24.7 Å². The molecular weight excluding hydrogens is 389 g/mol. The Hall–Kier alpha value is -3.27. The quantitative estimate of drug-likeness (QED) is 0.659. The zero-order valence-electron chi connectivity index (χ0n) is 16.8. The van der Waals surface area contributed by atoms with E-state index < -0.39 is 11.7 Å². The molecule has 5 heterocycles. The van der Waals surface area contributed by atoms with Crippen molar-refractivity contribution < 1.29 is 13.9 Å². The van der Waals surface area contributed by atoms with Gasteiger partial charge in [0.1, 0.15) is 5.56 Å². The van der Waals surface area contributed by atoms with Gasteiger partial charge in [0.15, 0.2) is 11.5 Å². The molecule has 0 saturated carbocycles. The maximum absolute atomic E-state index is 14.3. The molecule has 2 saturated heterocycles. The summed E-state index contributed by atoms with van der Waals surface area (Å²) in [6.07, 6.45) is 4.76. The first-order chi connectivity index (χ1) is 14.5. The second kappa shape index (κ2) is 6.91. The first kappa shape index (κ1) is 18.7.